The Bertz CT molecular complexity index is 850. The van der Waals surface area contributed by atoms with Gasteiger partial charge in [-0.25, -0.2) is 18.7 Å². The molecule has 0 atom stereocenters. The fourth-order valence-corrected chi connectivity index (χ4v) is 2.43. The van der Waals surface area contributed by atoms with Gasteiger partial charge in [0.25, 0.3) is 0 Å². The lowest BCUT2D eigenvalue weighted by atomic mass is 10.1. The summed E-state index contributed by atoms with van der Waals surface area (Å²) in [5.74, 6) is 1.35. The van der Waals surface area contributed by atoms with Crippen molar-refractivity contribution in [1.82, 2.24) is 9.97 Å². The second-order valence-corrected chi connectivity index (χ2v) is 5.59. The molecular formula is C19H18F2N4. The quantitative estimate of drug-likeness (QED) is 0.695. The average Bonchev–Trinajstić information content (AvgIpc) is 2.58. The zero-order chi connectivity index (χ0) is 17.6. The van der Waals surface area contributed by atoms with Crippen molar-refractivity contribution in [1.29, 1.82) is 0 Å². The molecule has 1 heterocycles. The van der Waals surface area contributed by atoms with E-state index < -0.39 is 0 Å². The van der Waals surface area contributed by atoms with Crippen LogP contribution in [0.1, 0.15) is 11.4 Å². The first kappa shape index (κ1) is 16.8. The number of anilines is 3. The molecule has 6 heteroatoms. The van der Waals surface area contributed by atoms with E-state index in [2.05, 4.69) is 20.6 Å². The Morgan fingerprint density at radius 2 is 1.64 bits per heavy atom. The Morgan fingerprint density at radius 3 is 2.40 bits per heavy atom. The van der Waals surface area contributed by atoms with Gasteiger partial charge in [-0.2, -0.15) is 0 Å². The average molecular weight is 340 g/mol. The van der Waals surface area contributed by atoms with Crippen molar-refractivity contribution in [2.45, 2.75) is 13.3 Å². The number of aromatic nitrogens is 2. The van der Waals surface area contributed by atoms with Crippen molar-refractivity contribution >= 4 is 17.3 Å². The predicted octanol–water partition coefficient (Wildman–Crippen LogP) is 4.46. The van der Waals surface area contributed by atoms with Gasteiger partial charge in [0.05, 0.1) is 0 Å². The van der Waals surface area contributed by atoms with E-state index in [1.807, 2.05) is 6.07 Å². The molecule has 0 spiro atoms. The molecule has 0 aliphatic heterocycles. The molecule has 2 aromatic carbocycles. The molecule has 3 aromatic rings. The molecule has 0 saturated carbocycles. The summed E-state index contributed by atoms with van der Waals surface area (Å²) in [5, 5.41) is 6.29. The molecule has 25 heavy (non-hydrogen) atoms. The fourth-order valence-electron chi connectivity index (χ4n) is 2.43. The van der Waals surface area contributed by atoms with Crippen molar-refractivity contribution in [2.24, 2.45) is 0 Å². The van der Waals surface area contributed by atoms with Gasteiger partial charge in [0, 0.05) is 18.3 Å². The van der Waals surface area contributed by atoms with Crippen LogP contribution in [-0.4, -0.2) is 16.5 Å². The zero-order valence-corrected chi connectivity index (χ0v) is 13.8. The Labute approximate surface area is 145 Å². The van der Waals surface area contributed by atoms with Crippen LogP contribution in [0.4, 0.5) is 26.1 Å². The van der Waals surface area contributed by atoms with Crippen molar-refractivity contribution in [3.8, 4) is 0 Å². The van der Waals surface area contributed by atoms with E-state index >= 15 is 0 Å². The number of benzene rings is 2. The second kappa shape index (κ2) is 7.70. The Morgan fingerprint density at radius 1 is 0.920 bits per heavy atom. The van der Waals surface area contributed by atoms with E-state index in [4.69, 9.17) is 0 Å². The van der Waals surface area contributed by atoms with E-state index in [0.717, 1.165) is 5.69 Å². The minimum absolute atomic E-state index is 0.207. The summed E-state index contributed by atoms with van der Waals surface area (Å²) in [4.78, 5) is 8.64. The van der Waals surface area contributed by atoms with Crippen LogP contribution in [0.25, 0.3) is 0 Å². The van der Waals surface area contributed by atoms with E-state index in [1.54, 1.807) is 37.3 Å². The zero-order valence-electron chi connectivity index (χ0n) is 13.8. The highest BCUT2D eigenvalue weighted by molar-refractivity contribution is 5.59. The van der Waals surface area contributed by atoms with E-state index in [0.29, 0.717) is 36.0 Å². The standard InChI is InChI=1S/C19H18F2N4/c1-13-23-18(22-11-10-14-4-2-3-5-17(14)21)12-19(24-13)25-16-8-6-15(20)7-9-16/h2-9,12H,10-11H2,1H3,(H2,22,23,24,25). The first-order valence-electron chi connectivity index (χ1n) is 7.96. The summed E-state index contributed by atoms with van der Waals surface area (Å²) in [6, 6.07) is 14.5. The van der Waals surface area contributed by atoms with Gasteiger partial charge in [-0.3, -0.25) is 0 Å². The molecule has 0 saturated heterocycles. The van der Waals surface area contributed by atoms with Gasteiger partial charge in [-0.05, 0) is 49.2 Å². The Balaban J connectivity index is 1.65. The van der Waals surface area contributed by atoms with E-state index in [1.165, 1.54) is 18.2 Å². The van der Waals surface area contributed by atoms with Crippen LogP contribution < -0.4 is 10.6 Å². The molecule has 0 fully saturated rings. The molecule has 4 nitrogen and oxygen atoms in total. The molecule has 0 bridgehead atoms. The molecule has 0 unspecified atom stereocenters. The molecule has 0 aliphatic rings. The smallest absolute Gasteiger partial charge is 0.136 e. The first-order valence-corrected chi connectivity index (χ1v) is 7.96. The van der Waals surface area contributed by atoms with Gasteiger partial charge < -0.3 is 10.6 Å². The summed E-state index contributed by atoms with van der Waals surface area (Å²) >= 11 is 0. The van der Waals surface area contributed by atoms with E-state index in [-0.39, 0.29) is 11.6 Å². The fraction of sp³-hybridized carbons (Fsp3) is 0.158. The Hall–Kier alpha value is -3.02. The lowest BCUT2D eigenvalue weighted by Gasteiger charge is -2.10. The maximum Gasteiger partial charge on any atom is 0.136 e. The number of nitrogens with one attached hydrogen (secondary N) is 2. The topological polar surface area (TPSA) is 49.8 Å². The minimum atomic E-state index is -0.292. The summed E-state index contributed by atoms with van der Waals surface area (Å²) in [5.41, 5.74) is 1.39. The minimum Gasteiger partial charge on any atom is -0.370 e. The molecule has 3 rings (SSSR count). The van der Waals surface area contributed by atoms with Crippen LogP contribution in [0.3, 0.4) is 0 Å². The number of hydrogen-bond donors (Lipinski definition) is 2. The summed E-state index contributed by atoms with van der Waals surface area (Å²) in [6.07, 6.45) is 0.552. The van der Waals surface area contributed by atoms with Crippen LogP contribution in [0.5, 0.6) is 0 Å². The van der Waals surface area contributed by atoms with Gasteiger partial charge in [-0.15, -0.1) is 0 Å². The lowest BCUT2D eigenvalue weighted by molar-refractivity contribution is 0.610. The van der Waals surface area contributed by atoms with Gasteiger partial charge in [0.1, 0.15) is 29.1 Å². The van der Waals surface area contributed by atoms with Gasteiger partial charge in [-0.1, -0.05) is 18.2 Å². The molecule has 128 valence electrons. The third-order valence-corrected chi connectivity index (χ3v) is 3.61. The first-order chi connectivity index (χ1) is 12.1. The molecule has 2 N–H and O–H groups in total. The number of aryl methyl sites for hydroxylation is 1. The summed E-state index contributed by atoms with van der Waals surface area (Å²) in [7, 11) is 0. The highest BCUT2D eigenvalue weighted by Gasteiger charge is 2.04. The number of hydrogen-bond acceptors (Lipinski definition) is 4. The maximum atomic E-state index is 13.6. The second-order valence-electron chi connectivity index (χ2n) is 5.59. The van der Waals surface area contributed by atoms with Gasteiger partial charge in [0.2, 0.25) is 0 Å². The molecular weight excluding hydrogens is 322 g/mol. The SMILES string of the molecule is Cc1nc(NCCc2ccccc2F)cc(Nc2ccc(F)cc2)n1. The van der Waals surface area contributed by atoms with Crippen LogP contribution in [0, 0.1) is 18.6 Å². The molecule has 1 aromatic heterocycles. The number of rotatable bonds is 6. The van der Waals surface area contributed by atoms with Gasteiger partial charge >= 0.3 is 0 Å². The van der Waals surface area contributed by atoms with Crippen molar-refractivity contribution < 1.29 is 8.78 Å². The van der Waals surface area contributed by atoms with Crippen molar-refractivity contribution in [2.75, 3.05) is 17.2 Å². The van der Waals surface area contributed by atoms with Crippen LogP contribution in [0.15, 0.2) is 54.6 Å². The van der Waals surface area contributed by atoms with Crippen molar-refractivity contribution in [3.05, 3.63) is 77.6 Å². The van der Waals surface area contributed by atoms with Crippen LogP contribution >= 0.6 is 0 Å². The molecule has 0 radical (unpaired) electrons. The Kier molecular flexibility index (Phi) is 5.18. The number of halogens is 2. The van der Waals surface area contributed by atoms with Crippen molar-refractivity contribution in [3.63, 3.8) is 0 Å². The van der Waals surface area contributed by atoms with Gasteiger partial charge in [0.15, 0.2) is 0 Å². The highest BCUT2D eigenvalue weighted by Crippen LogP contribution is 2.18. The van der Waals surface area contributed by atoms with Crippen LogP contribution in [-0.2, 0) is 6.42 Å². The highest BCUT2D eigenvalue weighted by atomic mass is 19.1. The maximum absolute atomic E-state index is 13.6. The third kappa shape index (κ3) is 4.73. The summed E-state index contributed by atoms with van der Waals surface area (Å²) in [6.45, 7) is 2.34. The largest absolute Gasteiger partial charge is 0.370 e. The van der Waals surface area contributed by atoms with E-state index in [9.17, 15) is 8.78 Å². The molecule has 0 aliphatic carbocycles. The normalized spacial score (nSPS) is 10.5. The van der Waals surface area contributed by atoms with Crippen LogP contribution in [0.2, 0.25) is 0 Å². The lowest BCUT2D eigenvalue weighted by Crippen LogP contribution is -2.09. The predicted molar refractivity (Wildman–Crippen MR) is 95.0 cm³/mol. The molecule has 0 amide bonds. The monoisotopic (exact) mass is 340 g/mol. The number of nitrogens with zero attached hydrogens (tertiary/aromatic N) is 2. The summed E-state index contributed by atoms with van der Waals surface area (Å²) < 4.78 is 26.6. The third-order valence-electron chi connectivity index (χ3n) is 3.61.